The fourth-order valence-electron chi connectivity index (χ4n) is 2.76. The Kier molecular flexibility index (Phi) is 4.49. The van der Waals surface area contributed by atoms with E-state index in [0.29, 0.717) is 24.0 Å². The number of hydrogen-bond acceptors (Lipinski definition) is 7. The van der Waals surface area contributed by atoms with Gasteiger partial charge in [-0.25, -0.2) is 0 Å². The smallest absolute Gasteiger partial charge is 0.281 e. The summed E-state index contributed by atoms with van der Waals surface area (Å²) in [5, 5.41) is 13.9. The van der Waals surface area contributed by atoms with Crippen molar-refractivity contribution < 1.29 is 14.0 Å². The van der Waals surface area contributed by atoms with Crippen LogP contribution in [0.5, 0.6) is 0 Å². The van der Waals surface area contributed by atoms with E-state index in [1.807, 2.05) is 48.7 Å². The molecule has 2 aromatic heterocycles. The topological polar surface area (TPSA) is 80.8 Å². The van der Waals surface area contributed by atoms with Gasteiger partial charge in [0.05, 0.1) is 10.6 Å². The van der Waals surface area contributed by atoms with Crippen molar-refractivity contribution in [2.75, 3.05) is 11.4 Å². The average molecular weight is 368 g/mol. The van der Waals surface area contributed by atoms with Crippen LogP contribution >= 0.6 is 11.3 Å². The van der Waals surface area contributed by atoms with Crippen LogP contribution in [0.4, 0.5) is 5.69 Å². The zero-order valence-corrected chi connectivity index (χ0v) is 14.9. The summed E-state index contributed by atoms with van der Waals surface area (Å²) in [5.74, 6) is 0.599. The highest BCUT2D eigenvalue weighted by molar-refractivity contribution is 7.13. The number of rotatable bonds is 6. The molecule has 0 fully saturated rings. The molecule has 3 aromatic rings. The molecule has 1 amide bonds. The van der Waals surface area contributed by atoms with Crippen LogP contribution in [0.3, 0.4) is 0 Å². The first kappa shape index (κ1) is 16.5. The minimum Gasteiger partial charge on any atom is -0.416 e. The zero-order valence-electron chi connectivity index (χ0n) is 14.1. The first-order valence-corrected chi connectivity index (χ1v) is 9.13. The average Bonchev–Trinajstić information content (AvgIpc) is 3.38. The Morgan fingerprint density at radius 3 is 2.92 bits per heavy atom. The van der Waals surface area contributed by atoms with E-state index in [4.69, 9.17) is 9.25 Å². The third kappa shape index (κ3) is 2.99. The number of carbonyl (C=O) groups is 1. The summed E-state index contributed by atoms with van der Waals surface area (Å²) >= 11 is 1.52. The Morgan fingerprint density at radius 1 is 1.23 bits per heavy atom. The maximum atomic E-state index is 12.6. The van der Waals surface area contributed by atoms with Gasteiger partial charge in [-0.3, -0.25) is 4.79 Å². The normalized spacial score (nSPS) is 14.9. The first-order valence-electron chi connectivity index (χ1n) is 8.25. The van der Waals surface area contributed by atoms with Crippen LogP contribution in [0, 0.1) is 0 Å². The van der Waals surface area contributed by atoms with Crippen LogP contribution in [-0.2, 0) is 16.2 Å². The minimum atomic E-state index is -0.155. The Balaban J connectivity index is 1.49. The number of anilines is 1. The second kappa shape index (κ2) is 7.09. The van der Waals surface area contributed by atoms with Gasteiger partial charge >= 0.3 is 0 Å². The molecule has 0 spiro atoms. The molecule has 0 unspecified atom stereocenters. The summed E-state index contributed by atoms with van der Waals surface area (Å²) in [6.07, 6.45) is 0.863. The van der Waals surface area contributed by atoms with Crippen LogP contribution in [0.15, 0.2) is 51.4 Å². The molecule has 4 rings (SSSR count). The molecule has 7 nitrogen and oxygen atoms in total. The maximum Gasteiger partial charge on any atom is 0.281 e. The van der Waals surface area contributed by atoms with E-state index in [1.165, 1.54) is 11.3 Å². The van der Waals surface area contributed by atoms with Crippen molar-refractivity contribution in [1.82, 2.24) is 10.2 Å². The Bertz CT molecular complexity index is 949. The molecule has 0 saturated carbocycles. The summed E-state index contributed by atoms with van der Waals surface area (Å²) in [4.78, 5) is 20.6. The van der Waals surface area contributed by atoms with Crippen molar-refractivity contribution in [2.45, 2.75) is 20.0 Å². The lowest BCUT2D eigenvalue weighted by Gasteiger charge is -2.14. The second-order valence-electron chi connectivity index (χ2n) is 5.67. The third-order valence-electron chi connectivity index (χ3n) is 3.89. The van der Waals surface area contributed by atoms with Crippen LogP contribution in [0.1, 0.15) is 24.8 Å². The van der Waals surface area contributed by atoms with Crippen LogP contribution < -0.4 is 4.90 Å². The Hall–Kier alpha value is -3.00. The van der Waals surface area contributed by atoms with E-state index in [1.54, 1.807) is 4.90 Å². The standard InChI is InChI=1S/C18H16N4O3S/c1-2-9-22-13-7-4-3-6-12(13)16(18(22)23)21-24-11-15-19-20-17(25-15)14-8-5-10-26-14/h3-8,10H,2,9,11H2,1H3/b21-16+. The highest BCUT2D eigenvalue weighted by Gasteiger charge is 2.33. The number of thiophene rings is 1. The lowest BCUT2D eigenvalue weighted by molar-refractivity contribution is -0.112. The molecule has 0 aliphatic carbocycles. The fourth-order valence-corrected chi connectivity index (χ4v) is 3.40. The van der Waals surface area contributed by atoms with E-state index < -0.39 is 0 Å². The molecular weight excluding hydrogens is 352 g/mol. The second-order valence-corrected chi connectivity index (χ2v) is 6.61. The largest absolute Gasteiger partial charge is 0.416 e. The van der Waals surface area contributed by atoms with Gasteiger partial charge in [-0.2, -0.15) is 0 Å². The SMILES string of the molecule is CCCN1C(=O)/C(=N/OCc2nnc(-c3cccs3)o2)c2ccccc21. The predicted molar refractivity (Wildman–Crippen MR) is 98.0 cm³/mol. The fraction of sp³-hybridized carbons (Fsp3) is 0.222. The molecule has 0 atom stereocenters. The van der Waals surface area contributed by atoms with Gasteiger partial charge < -0.3 is 14.2 Å². The summed E-state index contributed by atoms with van der Waals surface area (Å²) in [6.45, 7) is 2.68. The maximum absolute atomic E-state index is 12.6. The summed E-state index contributed by atoms with van der Waals surface area (Å²) in [5.41, 5.74) is 1.93. The van der Waals surface area contributed by atoms with Gasteiger partial charge in [-0.1, -0.05) is 36.3 Å². The molecule has 1 aliphatic heterocycles. The molecule has 1 aliphatic rings. The number of hydrogen-bond donors (Lipinski definition) is 0. The summed E-state index contributed by atoms with van der Waals surface area (Å²) in [7, 11) is 0. The lowest BCUT2D eigenvalue weighted by atomic mass is 10.1. The van der Waals surface area contributed by atoms with Gasteiger partial charge in [0, 0.05) is 12.1 Å². The van der Waals surface area contributed by atoms with Gasteiger partial charge in [0.15, 0.2) is 12.3 Å². The Morgan fingerprint density at radius 2 is 2.12 bits per heavy atom. The van der Waals surface area contributed by atoms with E-state index in [-0.39, 0.29) is 12.5 Å². The molecular formula is C18H16N4O3S. The molecule has 26 heavy (non-hydrogen) atoms. The molecule has 0 N–H and O–H groups in total. The van der Waals surface area contributed by atoms with E-state index in [0.717, 1.165) is 22.5 Å². The molecule has 1 aromatic carbocycles. The van der Waals surface area contributed by atoms with Crippen molar-refractivity contribution in [2.24, 2.45) is 5.16 Å². The van der Waals surface area contributed by atoms with Gasteiger partial charge in [-0.05, 0) is 23.9 Å². The zero-order chi connectivity index (χ0) is 17.9. The number of nitrogens with zero attached hydrogens (tertiary/aromatic N) is 4. The number of fused-ring (bicyclic) bond motifs is 1. The van der Waals surface area contributed by atoms with Gasteiger partial charge in [-0.15, -0.1) is 21.5 Å². The first-order chi connectivity index (χ1) is 12.8. The summed E-state index contributed by atoms with van der Waals surface area (Å²) in [6, 6.07) is 11.4. The molecule has 0 radical (unpaired) electrons. The number of benzene rings is 1. The van der Waals surface area contributed by atoms with Crippen molar-refractivity contribution in [1.29, 1.82) is 0 Å². The number of aromatic nitrogens is 2. The molecule has 3 heterocycles. The van der Waals surface area contributed by atoms with E-state index >= 15 is 0 Å². The van der Waals surface area contributed by atoms with Gasteiger partial charge in [0.1, 0.15) is 0 Å². The Labute approximate surface area is 153 Å². The van der Waals surface area contributed by atoms with Crippen LogP contribution in [-0.4, -0.2) is 28.4 Å². The van der Waals surface area contributed by atoms with E-state index in [2.05, 4.69) is 15.4 Å². The van der Waals surface area contributed by atoms with Crippen molar-refractivity contribution >= 4 is 28.6 Å². The third-order valence-corrected chi connectivity index (χ3v) is 4.75. The highest BCUT2D eigenvalue weighted by Crippen LogP contribution is 2.29. The van der Waals surface area contributed by atoms with Crippen molar-refractivity contribution in [3.05, 3.63) is 53.2 Å². The lowest BCUT2D eigenvalue weighted by Crippen LogP contribution is -2.30. The van der Waals surface area contributed by atoms with Gasteiger partial charge in [0.25, 0.3) is 17.7 Å². The van der Waals surface area contributed by atoms with Crippen LogP contribution in [0.2, 0.25) is 0 Å². The molecule has 0 bridgehead atoms. The predicted octanol–water partition coefficient (Wildman–Crippen LogP) is 3.48. The van der Waals surface area contributed by atoms with Crippen molar-refractivity contribution in [3.63, 3.8) is 0 Å². The van der Waals surface area contributed by atoms with E-state index in [9.17, 15) is 4.79 Å². The highest BCUT2D eigenvalue weighted by atomic mass is 32.1. The monoisotopic (exact) mass is 368 g/mol. The van der Waals surface area contributed by atoms with Crippen molar-refractivity contribution in [3.8, 4) is 10.8 Å². The number of carbonyl (C=O) groups excluding carboxylic acids is 1. The quantitative estimate of drug-likeness (QED) is 0.622. The van der Waals surface area contributed by atoms with Crippen LogP contribution in [0.25, 0.3) is 10.8 Å². The molecule has 8 heteroatoms. The number of oxime groups is 1. The molecule has 0 saturated heterocycles. The molecule has 132 valence electrons. The summed E-state index contributed by atoms with van der Waals surface area (Å²) < 4.78 is 5.55. The number of amides is 1. The minimum absolute atomic E-state index is 0.00506. The van der Waals surface area contributed by atoms with Gasteiger partial charge in [0.2, 0.25) is 0 Å². The number of para-hydroxylation sites is 1.